The average Bonchev–Trinajstić information content (AvgIpc) is 3.19. The van der Waals surface area contributed by atoms with Crippen LogP contribution < -0.4 is 11.1 Å². The van der Waals surface area contributed by atoms with E-state index >= 15 is 0 Å². The minimum absolute atomic E-state index is 0.0126. The number of anilines is 1. The molecule has 4 rings (SSSR count). The minimum Gasteiger partial charge on any atom is -0.480 e. The Morgan fingerprint density at radius 3 is 2.50 bits per heavy atom. The van der Waals surface area contributed by atoms with Gasteiger partial charge in [0.2, 0.25) is 11.6 Å². The number of hydrogen-bond donors (Lipinski definition) is 3. The minimum atomic E-state index is -1.93. The first-order valence-corrected chi connectivity index (χ1v) is 10.0. The summed E-state index contributed by atoms with van der Waals surface area (Å²) in [5, 5.41) is 13.6. The molecule has 1 heterocycles. The predicted molar refractivity (Wildman–Crippen MR) is 109 cm³/mol. The molecule has 1 aliphatic heterocycles. The molecule has 30 heavy (non-hydrogen) atoms. The van der Waals surface area contributed by atoms with Crippen molar-refractivity contribution in [3.63, 3.8) is 0 Å². The predicted octanol–water partition coefficient (Wildman–Crippen LogP) is 3.13. The molecule has 2 aromatic rings. The summed E-state index contributed by atoms with van der Waals surface area (Å²) in [6.07, 6.45) is 2.00. The highest BCUT2D eigenvalue weighted by Gasteiger charge is 2.53. The topological polar surface area (TPSA) is 109 Å². The molecule has 0 aromatic heterocycles. The number of aliphatic carboxylic acids is 1. The van der Waals surface area contributed by atoms with Gasteiger partial charge in [-0.15, -0.1) is 0 Å². The Morgan fingerprint density at radius 1 is 1.10 bits per heavy atom. The fourth-order valence-corrected chi connectivity index (χ4v) is 4.98. The van der Waals surface area contributed by atoms with E-state index in [0.717, 1.165) is 42.6 Å². The number of fused-ring (bicyclic) bond motifs is 2. The molecule has 2 aromatic carbocycles. The molecule has 1 fully saturated rings. The maximum Gasteiger partial charge on any atom is 0.324 e. The monoisotopic (exact) mass is 410 g/mol. The molecule has 0 radical (unpaired) electrons. The lowest BCUT2D eigenvalue weighted by Crippen LogP contribution is -2.59. The number of rotatable bonds is 6. The van der Waals surface area contributed by atoms with Gasteiger partial charge in [0.15, 0.2) is 0 Å². The van der Waals surface area contributed by atoms with Crippen molar-refractivity contribution in [2.75, 3.05) is 5.32 Å². The summed E-state index contributed by atoms with van der Waals surface area (Å²) in [6, 6.07) is 12.1. The second-order valence-corrected chi connectivity index (χ2v) is 8.19. The van der Waals surface area contributed by atoms with Crippen LogP contribution in [-0.2, 0) is 9.59 Å². The lowest BCUT2D eigenvalue weighted by atomic mass is 9.66. The summed E-state index contributed by atoms with van der Waals surface area (Å²) in [6.45, 7) is 0. The number of para-hydroxylation sites is 1. The molecule has 7 heteroatoms. The highest BCUT2D eigenvalue weighted by atomic mass is 19.1. The first-order chi connectivity index (χ1) is 14.3. The smallest absolute Gasteiger partial charge is 0.324 e. The molecule has 0 bridgehead atoms. The zero-order valence-electron chi connectivity index (χ0n) is 16.3. The number of nitrogens with two attached hydrogens (primary N) is 1. The molecule has 6 nitrogen and oxygen atoms in total. The van der Waals surface area contributed by atoms with Crippen molar-refractivity contribution in [2.45, 2.75) is 43.2 Å². The van der Waals surface area contributed by atoms with Crippen molar-refractivity contribution in [1.82, 2.24) is 0 Å². The molecule has 4 N–H and O–H groups in total. The maximum atomic E-state index is 13.1. The maximum absolute atomic E-state index is 13.1. The molecular formula is C23H23FN2O4. The highest BCUT2D eigenvalue weighted by molar-refractivity contribution is 6.44. The standard InChI is InChI=1S/C23H23FN2O4/c24-14-10-8-13(9-11-14)21(28)19(27)12-23(25,22(29)30)20-15-4-1-2-6-17(15)26-18-7-3-5-16(18)20/h1-2,4,6,8-11,16,18,20,26H,3,5,7,12,25H2,(H,29,30). The summed E-state index contributed by atoms with van der Waals surface area (Å²) in [4.78, 5) is 37.8. The van der Waals surface area contributed by atoms with Crippen LogP contribution in [0.2, 0.25) is 0 Å². The fraction of sp³-hybridized carbons (Fsp3) is 0.348. The second-order valence-electron chi connectivity index (χ2n) is 8.19. The molecule has 0 saturated heterocycles. The Kier molecular flexibility index (Phi) is 5.15. The summed E-state index contributed by atoms with van der Waals surface area (Å²) in [7, 11) is 0. The number of Topliss-reactive ketones (excluding diaryl/α,β-unsaturated/α-hetero) is 2. The third-order valence-electron chi connectivity index (χ3n) is 6.40. The molecule has 156 valence electrons. The molecule has 0 spiro atoms. The Bertz CT molecular complexity index is 1010. The van der Waals surface area contributed by atoms with Crippen LogP contribution in [0.25, 0.3) is 0 Å². The Labute approximate surface area is 173 Å². The number of carbonyl (C=O) groups excluding carboxylic acids is 2. The van der Waals surface area contributed by atoms with Crippen LogP contribution in [0, 0.1) is 11.7 Å². The van der Waals surface area contributed by atoms with Gasteiger partial charge in [-0.05, 0) is 54.7 Å². The quantitative estimate of drug-likeness (QED) is 0.499. The summed E-state index contributed by atoms with van der Waals surface area (Å²) < 4.78 is 13.1. The van der Waals surface area contributed by atoms with Gasteiger partial charge >= 0.3 is 5.97 Å². The number of nitrogens with one attached hydrogen (secondary N) is 1. The Morgan fingerprint density at radius 2 is 1.80 bits per heavy atom. The molecule has 4 unspecified atom stereocenters. The van der Waals surface area contributed by atoms with E-state index in [1.165, 1.54) is 12.1 Å². The van der Waals surface area contributed by atoms with E-state index in [-0.39, 0.29) is 17.5 Å². The van der Waals surface area contributed by atoms with Gasteiger partial charge < -0.3 is 16.2 Å². The number of halogens is 1. The van der Waals surface area contributed by atoms with Crippen LogP contribution in [-0.4, -0.2) is 34.2 Å². The van der Waals surface area contributed by atoms with Crippen LogP contribution in [0.15, 0.2) is 48.5 Å². The van der Waals surface area contributed by atoms with Crippen LogP contribution in [0.3, 0.4) is 0 Å². The van der Waals surface area contributed by atoms with Crippen LogP contribution >= 0.6 is 0 Å². The van der Waals surface area contributed by atoms with Gasteiger partial charge in [0.25, 0.3) is 0 Å². The molecular weight excluding hydrogens is 387 g/mol. The van der Waals surface area contributed by atoms with E-state index < -0.39 is 41.2 Å². The lowest BCUT2D eigenvalue weighted by Gasteiger charge is -2.44. The number of ketones is 2. The fourth-order valence-electron chi connectivity index (χ4n) is 4.98. The third-order valence-corrected chi connectivity index (χ3v) is 6.40. The largest absolute Gasteiger partial charge is 0.480 e. The van der Waals surface area contributed by atoms with Crippen LogP contribution in [0.5, 0.6) is 0 Å². The molecule has 1 saturated carbocycles. The Hall–Kier alpha value is -3.06. The lowest BCUT2D eigenvalue weighted by molar-refractivity contribution is -0.146. The number of carbonyl (C=O) groups is 3. The number of benzene rings is 2. The first-order valence-electron chi connectivity index (χ1n) is 10.0. The van der Waals surface area contributed by atoms with Gasteiger partial charge in [-0.1, -0.05) is 24.6 Å². The van der Waals surface area contributed by atoms with E-state index in [4.69, 9.17) is 5.73 Å². The van der Waals surface area contributed by atoms with Gasteiger partial charge in [0.05, 0.1) is 0 Å². The molecule has 4 atom stereocenters. The van der Waals surface area contributed by atoms with Crippen molar-refractivity contribution >= 4 is 23.2 Å². The number of hydrogen-bond acceptors (Lipinski definition) is 5. The van der Waals surface area contributed by atoms with Crippen molar-refractivity contribution < 1.29 is 23.9 Å². The number of carboxylic acid groups (broad SMARTS) is 1. The van der Waals surface area contributed by atoms with E-state index in [1.807, 2.05) is 24.3 Å². The van der Waals surface area contributed by atoms with Crippen molar-refractivity contribution in [3.8, 4) is 0 Å². The van der Waals surface area contributed by atoms with Crippen LogP contribution in [0.1, 0.15) is 47.5 Å². The van der Waals surface area contributed by atoms with Gasteiger partial charge in [-0.3, -0.25) is 14.4 Å². The van der Waals surface area contributed by atoms with E-state index in [0.29, 0.717) is 0 Å². The molecule has 2 aliphatic rings. The zero-order valence-corrected chi connectivity index (χ0v) is 16.3. The summed E-state index contributed by atoms with van der Waals surface area (Å²) in [5.74, 6) is -4.25. The molecule has 0 amide bonds. The van der Waals surface area contributed by atoms with E-state index in [1.54, 1.807) is 0 Å². The summed E-state index contributed by atoms with van der Waals surface area (Å²) >= 11 is 0. The van der Waals surface area contributed by atoms with Gasteiger partial charge in [0, 0.05) is 29.6 Å². The van der Waals surface area contributed by atoms with Crippen molar-refractivity contribution in [1.29, 1.82) is 0 Å². The highest BCUT2D eigenvalue weighted by Crippen LogP contribution is 2.50. The number of carboxylic acids is 1. The van der Waals surface area contributed by atoms with Gasteiger partial charge in [-0.2, -0.15) is 0 Å². The SMILES string of the molecule is NC(CC(=O)C(=O)c1ccc(F)cc1)(C(=O)O)C1c2ccccc2NC2CCCC21. The van der Waals surface area contributed by atoms with Crippen molar-refractivity contribution in [3.05, 3.63) is 65.5 Å². The van der Waals surface area contributed by atoms with E-state index in [2.05, 4.69) is 5.32 Å². The summed E-state index contributed by atoms with van der Waals surface area (Å²) in [5.41, 5.74) is 6.12. The Balaban J connectivity index is 1.70. The molecule has 1 aliphatic carbocycles. The first kappa shape index (κ1) is 20.2. The normalized spacial score (nSPS) is 24.1. The second kappa shape index (κ2) is 7.65. The average molecular weight is 410 g/mol. The van der Waals surface area contributed by atoms with E-state index in [9.17, 15) is 23.9 Å². The van der Waals surface area contributed by atoms with Gasteiger partial charge in [-0.25, -0.2) is 4.39 Å². The van der Waals surface area contributed by atoms with Crippen molar-refractivity contribution in [2.24, 2.45) is 11.7 Å². The third kappa shape index (κ3) is 3.39. The zero-order chi connectivity index (χ0) is 21.5. The van der Waals surface area contributed by atoms with Gasteiger partial charge in [0.1, 0.15) is 11.4 Å². The van der Waals surface area contributed by atoms with Crippen LogP contribution in [0.4, 0.5) is 10.1 Å².